The van der Waals surface area contributed by atoms with Gasteiger partial charge in [0.2, 0.25) is 11.2 Å². The Morgan fingerprint density at radius 2 is 1.70 bits per heavy atom. The molecule has 0 saturated heterocycles. The summed E-state index contributed by atoms with van der Waals surface area (Å²) in [7, 11) is 0. The minimum Gasteiger partial charge on any atom is -0.618 e. The zero-order chi connectivity index (χ0) is 30.6. The minimum atomic E-state index is -0.598. The van der Waals surface area contributed by atoms with E-state index in [4.69, 9.17) is 9.72 Å². The molecule has 1 aliphatic carbocycles. The molecule has 0 spiro atoms. The van der Waals surface area contributed by atoms with Crippen LogP contribution in [0.5, 0.6) is 0 Å². The van der Waals surface area contributed by atoms with Crippen molar-refractivity contribution >= 4 is 23.0 Å². The van der Waals surface area contributed by atoms with E-state index in [9.17, 15) is 14.8 Å². The fourth-order valence-electron chi connectivity index (χ4n) is 5.38. The smallest absolute Gasteiger partial charge is 0.407 e. The topological polar surface area (TPSA) is 98.5 Å². The summed E-state index contributed by atoms with van der Waals surface area (Å²) in [6.07, 6.45) is 2.30. The molecule has 43 heavy (non-hydrogen) atoms. The van der Waals surface area contributed by atoms with E-state index < -0.39 is 11.7 Å². The van der Waals surface area contributed by atoms with Gasteiger partial charge in [-0.15, -0.1) is 0 Å². The Hall–Kier alpha value is -4.46. The molecule has 0 radical (unpaired) electrons. The van der Waals surface area contributed by atoms with E-state index in [0.29, 0.717) is 53.9 Å². The molecule has 8 nitrogen and oxygen atoms in total. The predicted molar refractivity (Wildman–Crippen MR) is 166 cm³/mol. The molecule has 1 heterocycles. The number of hydrogen-bond donors (Lipinski definition) is 1. The number of para-hydroxylation sites is 2. The van der Waals surface area contributed by atoms with Gasteiger partial charge >= 0.3 is 6.09 Å². The van der Waals surface area contributed by atoms with Crippen LogP contribution in [0.15, 0.2) is 78.9 Å². The summed E-state index contributed by atoms with van der Waals surface area (Å²) in [4.78, 5) is 33.5. The predicted octanol–water partition coefficient (Wildman–Crippen LogP) is 6.28. The molecule has 0 aliphatic heterocycles. The largest absolute Gasteiger partial charge is 0.618 e. The van der Waals surface area contributed by atoms with Crippen LogP contribution in [0.1, 0.15) is 78.9 Å². The van der Waals surface area contributed by atoms with E-state index in [1.165, 1.54) is 0 Å². The van der Waals surface area contributed by atoms with Gasteiger partial charge < -0.3 is 20.2 Å². The average Bonchev–Trinajstić information content (AvgIpc) is 3.81. The first-order chi connectivity index (χ1) is 20.6. The third-order valence-corrected chi connectivity index (χ3v) is 7.58. The number of aromatic nitrogens is 2. The van der Waals surface area contributed by atoms with Gasteiger partial charge in [-0.2, -0.15) is 4.73 Å². The number of nitrogens with zero attached hydrogens (tertiary/aromatic N) is 3. The second kappa shape index (κ2) is 12.8. The van der Waals surface area contributed by atoms with Gasteiger partial charge in [0.05, 0.1) is 12.5 Å². The van der Waals surface area contributed by atoms with Crippen LogP contribution < -0.4 is 10.0 Å². The third-order valence-electron chi connectivity index (χ3n) is 7.58. The Labute approximate surface area is 253 Å². The normalized spacial score (nSPS) is 13.9. The van der Waals surface area contributed by atoms with E-state index in [0.717, 1.165) is 28.7 Å². The lowest BCUT2D eigenvalue weighted by atomic mass is 9.98. The molecule has 0 bridgehead atoms. The zero-order valence-electron chi connectivity index (χ0n) is 25.4. The van der Waals surface area contributed by atoms with Crippen LogP contribution in [0, 0.1) is 18.0 Å². The highest BCUT2D eigenvalue weighted by atomic mass is 16.6. The second-order valence-electron chi connectivity index (χ2n) is 12.3. The summed E-state index contributed by atoms with van der Waals surface area (Å²) in [6.45, 7) is 8.17. The van der Waals surface area contributed by atoms with Gasteiger partial charge in [-0.3, -0.25) is 4.79 Å². The molecule has 1 N–H and O–H groups in total. The van der Waals surface area contributed by atoms with Crippen molar-refractivity contribution in [3.8, 4) is 0 Å². The summed E-state index contributed by atoms with van der Waals surface area (Å²) in [5, 5.41) is 16.8. The Bertz CT molecular complexity index is 1580. The molecule has 1 fully saturated rings. The van der Waals surface area contributed by atoms with Crippen LogP contribution >= 0.6 is 0 Å². The Kier molecular flexibility index (Phi) is 8.94. The van der Waals surface area contributed by atoms with Gasteiger partial charge in [-0.25, -0.2) is 9.78 Å². The lowest BCUT2D eigenvalue weighted by molar-refractivity contribution is -0.586. The van der Waals surface area contributed by atoms with Crippen LogP contribution in [0.4, 0.5) is 4.79 Å². The van der Waals surface area contributed by atoms with Crippen molar-refractivity contribution in [2.45, 2.75) is 65.0 Å². The quantitative estimate of drug-likeness (QED) is 0.135. The molecule has 8 heteroatoms. The fourth-order valence-corrected chi connectivity index (χ4v) is 5.38. The Morgan fingerprint density at radius 1 is 1.02 bits per heavy atom. The van der Waals surface area contributed by atoms with Gasteiger partial charge in [0.25, 0.3) is 5.91 Å². The van der Waals surface area contributed by atoms with Crippen molar-refractivity contribution in [1.29, 1.82) is 0 Å². The fraction of sp³-hybridized carbons (Fsp3) is 0.371. The number of alkyl carbamates (subject to hydrolysis) is 1. The summed E-state index contributed by atoms with van der Waals surface area (Å²) in [5.74, 6) is 0.0589. The van der Waals surface area contributed by atoms with Crippen molar-refractivity contribution < 1.29 is 19.1 Å². The highest BCUT2D eigenvalue weighted by Crippen LogP contribution is 2.45. The molecule has 1 saturated carbocycles. The summed E-state index contributed by atoms with van der Waals surface area (Å²) in [5.41, 5.74) is 4.34. The third kappa shape index (κ3) is 7.49. The van der Waals surface area contributed by atoms with E-state index in [2.05, 4.69) is 5.32 Å². The minimum absolute atomic E-state index is 0.118. The van der Waals surface area contributed by atoms with Gasteiger partial charge in [0, 0.05) is 24.7 Å². The summed E-state index contributed by atoms with van der Waals surface area (Å²) in [6, 6.07) is 24.4. The highest BCUT2D eigenvalue weighted by molar-refractivity contribution is 5.94. The van der Waals surface area contributed by atoms with Gasteiger partial charge in [-0.1, -0.05) is 60.2 Å². The first-order valence-corrected chi connectivity index (χ1v) is 15.0. The van der Waals surface area contributed by atoms with Crippen molar-refractivity contribution in [3.05, 3.63) is 112 Å². The van der Waals surface area contributed by atoms with E-state index in [1.807, 2.05) is 105 Å². The SMILES string of the molecule is Cc1ccc(C(=O)N(CCCNC(=O)OC(C)(C)C)C(c2nc3ccccc3[n+]([O-])c2Cc2ccccc2)C2CC2)cc1. The maximum atomic E-state index is 14.2. The monoisotopic (exact) mass is 580 g/mol. The van der Waals surface area contributed by atoms with Gasteiger partial charge in [0.15, 0.2) is 0 Å². The number of fused-ring (bicyclic) bond motifs is 1. The maximum absolute atomic E-state index is 14.2. The number of carbonyl (C=O) groups is 2. The van der Waals surface area contributed by atoms with E-state index in [-0.39, 0.29) is 17.9 Å². The summed E-state index contributed by atoms with van der Waals surface area (Å²) < 4.78 is 6.38. The Morgan fingerprint density at radius 3 is 2.37 bits per heavy atom. The van der Waals surface area contributed by atoms with Crippen LogP contribution in [0.25, 0.3) is 11.0 Å². The van der Waals surface area contributed by atoms with Crippen molar-refractivity contribution in [2.75, 3.05) is 13.1 Å². The zero-order valence-corrected chi connectivity index (χ0v) is 25.4. The standard InChI is InChI=1S/C35H40N4O4/c1-24-15-17-27(18-16-24)33(40)38(22-10-21-36-34(41)43-35(2,3)4)32(26-19-20-26)31-30(23-25-11-6-5-7-12-25)39(42)29-14-9-8-13-28(29)37-31/h5-9,11-18,26,32H,10,19-23H2,1-4H3,(H,36,41). The molecule has 224 valence electrons. The van der Waals surface area contributed by atoms with E-state index in [1.54, 1.807) is 6.07 Å². The lowest BCUT2D eigenvalue weighted by Gasteiger charge is -2.33. The molecular formula is C35H40N4O4. The first-order valence-electron chi connectivity index (χ1n) is 15.0. The number of benzene rings is 3. The molecular weight excluding hydrogens is 540 g/mol. The lowest BCUT2D eigenvalue weighted by Crippen LogP contribution is -2.43. The van der Waals surface area contributed by atoms with Gasteiger partial charge in [-0.05, 0) is 76.6 Å². The Balaban J connectivity index is 1.54. The highest BCUT2D eigenvalue weighted by Gasteiger charge is 2.43. The van der Waals surface area contributed by atoms with Crippen LogP contribution in [-0.2, 0) is 11.2 Å². The molecule has 5 rings (SSSR count). The molecule has 2 amide bonds. The molecule has 3 aromatic carbocycles. The second-order valence-corrected chi connectivity index (χ2v) is 12.3. The van der Waals surface area contributed by atoms with Crippen molar-refractivity contribution in [1.82, 2.24) is 15.2 Å². The molecule has 1 aliphatic rings. The average molecular weight is 581 g/mol. The molecule has 4 aromatic rings. The number of amides is 2. The van der Waals surface area contributed by atoms with Crippen molar-refractivity contribution in [2.24, 2.45) is 5.92 Å². The molecule has 1 unspecified atom stereocenters. The van der Waals surface area contributed by atoms with Crippen LogP contribution in [0.3, 0.4) is 0 Å². The van der Waals surface area contributed by atoms with Crippen LogP contribution in [0.2, 0.25) is 0 Å². The first kappa shape index (κ1) is 30.0. The number of rotatable bonds is 10. The van der Waals surface area contributed by atoms with Crippen molar-refractivity contribution in [3.63, 3.8) is 0 Å². The number of aryl methyl sites for hydroxylation is 1. The number of nitrogens with one attached hydrogen (secondary N) is 1. The van der Waals surface area contributed by atoms with E-state index >= 15 is 0 Å². The number of ether oxygens (including phenoxy) is 1. The molecule has 1 atom stereocenters. The van der Waals surface area contributed by atoms with Crippen LogP contribution in [-0.4, -0.2) is 40.6 Å². The maximum Gasteiger partial charge on any atom is 0.407 e. The summed E-state index contributed by atoms with van der Waals surface area (Å²) >= 11 is 0. The molecule has 1 aromatic heterocycles. The number of hydrogen-bond acceptors (Lipinski definition) is 5. The van der Waals surface area contributed by atoms with Gasteiger partial charge in [0.1, 0.15) is 16.8 Å². The number of carbonyl (C=O) groups excluding carboxylic acids is 2.